The van der Waals surface area contributed by atoms with Crippen LogP contribution in [0.1, 0.15) is 37.1 Å². The second-order valence-electron chi connectivity index (χ2n) is 9.63. The summed E-state index contributed by atoms with van der Waals surface area (Å²) in [5.74, 6) is 1.55. The van der Waals surface area contributed by atoms with E-state index in [1.807, 2.05) is 25.4 Å². The molecular formula is C29H23N7. The van der Waals surface area contributed by atoms with Crippen molar-refractivity contribution in [1.82, 2.24) is 29.1 Å². The number of fused-ring (bicyclic) bond motifs is 5. The zero-order chi connectivity index (χ0) is 24.3. The minimum atomic E-state index is -0.368. The second kappa shape index (κ2) is 7.72. The summed E-state index contributed by atoms with van der Waals surface area (Å²) >= 11 is 0. The largest absolute Gasteiger partial charge is 0.276 e. The third-order valence-electron chi connectivity index (χ3n) is 7.64. The van der Waals surface area contributed by atoms with Gasteiger partial charge in [-0.2, -0.15) is 5.26 Å². The Balaban J connectivity index is 1.50. The molecule has 36 heavy (non-hydrogen) atoms. The van der Waals surface area contributed by atoms with Crippen molar-refractivity contribution in [2.24, 2.45) is 0 Å². The number of rotatable bonds is 3. The van der Waals surface area contributed by atoms with Gasteiger partial charge in [0.1, 0.15) is 5.82 Å². The average molecular weight is 470 g/mol. The quantitative estimate of drug-likeness (QED) is 0.321. The molecule has 0 bridgehead atoms. The number of nitriles is 1. The molecule has 1 aliphatic carbocycles. The summed E-state index contributed by atoms with van der Waals surface area (Å²) in [5, 5.41) is 19.9. The molecule has 1 saturated carbocycles. The lowest BCUT2D eigenvalue weighted by atomic mass is 9.80. The Labute approximate surface area is 207 Å². The van der Waals surface area contributed by atoms with Crippen LogP contribution in [0.25, 0.3) is 44.5 Å². The molecule has 0 N–H and O–H groups in total. The highest BCUT2D eigenvalue weighted by Gasteiger charge is 2.35. The minimum absolute atomic E-state index is 0.368. The molecule has 0 radical (unpaired) electrons. The predicted molar refractivity (Wildman–Crippen MR) is 139 cm³/mol. The zero-order valence-electron chi connectivity index (χ0n) is 19.9. The summed E-state index contributed by atoms with van der Waals surface area (Å²) in [7, 11) is 0. The van der Waals surface area contributed by atoms with Crippen LogP contribution in [0.4, 0.5) is 0 Å². The summed E-state index contributed by atoms with van der Waals surface area (Å²) in [6.07, 6.45) is 9.63. The van der Waals surface area contributed by atoms with Gasteiger partial charge in [0, 0.05) is 29.0 Å². The zero-order valence-corrected chi connectivity index (χ0v) is 19.9. The van der Waals surface area contributed by atoms with Gasteiger partial charge in [0.15, 0.2) is 0 Å². The number of hydrogen-bond acceptors (Lipinski definition) is 5. The maximum absolute atomic E-state index is 9.96. The molecule has 0 amide bonds. The van der Waals surface area contributed by atoms with Crippen molar-refractivity contribution < 1.29 is 0 Å². The number of aryl methyl sites for hydroxylation is 1. The number of pyridine rings is 2. The van der Waals surface area contributed by atoms with Gasteiger partial charge in [-0.15, -0.1) is 10.2 Å². The van der Waals surface area contributed by atoms with Crippen LogP contribution in [0, 0.1) is 18.3 Å². The Bertz CT molecular complexity index is 1800. The Morgan fingerprint density at radius 2 is 1.78 bits per heavy atom. The van der Waals surface area contributed by atoms with E-state index in [1.54, 1.807) is 6.20 Å². The van der Waals surface area contributed by atoms with Crippen LogP contribution in [-0.4, -0.2) is 29.1 Å². The molecule has 1 aliphatic rings. The fourth-order valence-electron chi connectivity index (χ4n) is 5.78. The van der Waals surface area contributed by atoms with Crippen LogP contribution in [0.3, 0.4) is 0 Å². The monoisotopic (exact) mass is 469 g/mol. The fourth-order valence-corrected chi connectivity index (χ4v) is 5.78. The lowest BCUT2D eigenvalue weighted by Crippen LogP contribution is -2.19. The third kappa shape index (κ3) is 2.91. The standard InChI is InChI=1S/C29H23N7/c1-19-33-34-28-35(19)26-17-32-25-11-6-20(21-5-4-14-31-16-21)15-24(25)27(26)36(28)23-9-7-22(8-10-23)29(18-30)12-2-3-13-29/h4-11,14-17H,2-3,12-13H2,1H3. The van der Waals surface area contributed by atoms with Crippen molar-refractivity contribution >= 4 is 27.7 Å². The highest BCUT2D eigenvalue weighted by atomic mass is 15.3. The van der Waals surface area contributed by atoms with E-state index in [-0.39, 0.29) is 5.41 Å². The van der Waals surface area contributed by atoms with E-state index >= 15 is 0 Å². The van der Waals surface area contributed by atoms with Crippen LogP contribution in [0.15, 0.2) is 73.2 Å². The number of benzene rings is 2. The predicted octanol–water partition coefficient (Wildman–Crippen LogP) is 5.93. The number of imidazole rings is 1. The summed E-state index contributed by atoms with van der Waals surface area (Å²) in [6, 6.07) is 21.4. The molecular weight excluding hydrogens is 446 g/mol. The maximum atomic E-state index is 9.96. The van der Waals surface area contributed by atoms with Gasteiger partial charge in [0.05, 0.1) is 34.2 Å². The van der Waals surface area contributed by atoms with Gasteiger partial charge in [-0.05, 0) is 61.2 Å². The van der Waals surface area contributed by atoms with Gasteiger partial charge in [-0.1, -0.05) is 37.1 Å². The lowest BCUT2D eigenvalue weighted by molar-refractivity contribution is 0.573. The van der Waals surface area contributed by atoms with Crippen LogP contribution >= 0.6 is 0 Å². The van der Waals surface area contributed by atoms with Gasteiger partial charge in [0.25, 0.3) is 0 Å². The molecule has 0 spiro atoms. The van der Waals surface area contributed by atoms with E-state index in [0.717, 1.165) is 81.6 Å². The number of nitrogens with zero attached hydrogens (tertiary/aromatic N) is 7. The first-order valence-corrected chi connectivity index (χ1v) is 12.3. The van der Waals surface area contributed by atoms with Crippen LogP contribution in [0.5, 0.6) is 0 Å². The molecule has 7 rings (SSSR count). The van der Waals surface area contributed by atoms with Crippen molar-refractivity contribution in [3.63, 3.8) is 0 Å². The lowest BCUT2D eigenvalue weighted by Gasteiger charge is -2.21. The summed E-state index contributed by atoms with van der Waals surface area (Å²) in [5.41, 5.74) is 6.75. The van der Waals surface area contributed by atoms with Crippen LogP contribution in [0.2, 0.25) is 0 Å². The third-order valence-corrected chi connectivity index (χ3v) is 7.64. The Morgan fingerprint density at radius 3 is 2.53 bits per heavy atom. The average Bonchev–Trinajstić information content (AvgIpc) is 3.65. The Hall–Kier alpha value is -4.57. The smallest absolute Gasteiger partial charge is 0.241 e. The first-order chi connectivity index (χ1) is 17.7. The van der Waals surface area contributed by atoms with Crippen molar-refractivity contribution in [2.75, 3.05) is 0 Å². The number of hydrogen-bond donors (Lipinski definition) is 0. The van der Waals surface area contributed by atoms with Crippen molar-refractivity contribution in [2.45, 2.75) is 38.0 Å². The molecule has 4 aromatic heterocycles. The molecule has 0 saturated heterocycles. The summed E-state index contributed by atoms with van der Waals surface area (Å²) in [6.45, 7) is 1.96. The molecule has 0 atom stereocenters. The SMILES string of the molecule is Cc1nnc2n(-c3ccc(C4(C#N)CCCC4)cc3)c3c4cc(-c5cccnc5)ccc4ncc3n12. The number of aromatic nitrogens is 6. The summed E-state index contributed by atoms with van der Waals surface area (Å²) < 4.78 is 4.21. The van der Waals surface area contributed by atoms with E-state index in [2.05, 4.69) is 78.7 Å². The van der Waals surface area contributed by atoms with E-state index < -0.39 is 0 Å². The fraction of sp³-hybridized carbons (Fsp3) is 0.207. The van der Waals surface area contributed by atoms with Gasteiger partial charge < -0.3 is 0 Å². The minimum Gasteiger partial charge on any atom is -0.276 e. The maximum Gasteiger partial charge on any atom is 0.241 e. The first-order valence-electron chi connectivity index (χ1n) is 12.3. The Morgan fingerprint density at radius 1 is 0.944 bits per heavy atom. The second-order valence-corrected chi connectivity index (χ2v) is 9.63. The summed E-state index contributed by atoms with van der Waals surface area (Å²) in [4.78, 5) is 9.06. The first kappa shape index (κ1) is 20.8. The van der Waals surface area contributed by atoms with E-state index in [4.69, 9.17) is 4.98 Å². The molecule has 1 fully saturated rings. The highest BCUT2D eigenvalue weighted by molar-refractivity contribution is 6.06. The topological polar surface area (TPSA) is 84.7 Å². The molecule has 174 valence electrons. The van der Waals surface area contributed by atoms with Crippen LogP contribution < -0.4 is 0 Å². The van der Waals surface area contributed by atoms with Crippen molar-refractivity contribution in [1.29, 1.82) is 5.26 Å². The molecule has 7 heteroatoms. The molecule has 2 aromatic carbocycles. The molecule has 6 aromatic rings. The van der Waals surface area contributed by atoms with E-state index in [0.29, 0.717) is 0 Å². The van der Waals surface area contributed by atoms with Gasteiger partial charge >= 0.3 is 0 Å². The van der Waals surface area contributed by atoms with Crippen molar-refractivity contribution in [3.8, 4) is 22.9 Å². The molecule has 7 nitrogen and oxygen atoms in total. The molecule has 0 unspecified atom stereocenters. The van der Waals surface area contributed by atoms with Crippen molar-refractivity contribution in [3.05, 3.63) is 84.6 Å². The normalized spacial score (nSPS) is 15.1. The van der Waals surface area contributed by atoms with Gasteiger partial charge in [0.2, 0.25) is 5.78 Å². The molecule has 0 aliphatic heterocycles. The Kier molecular flexibility index (Phi) is 4.45. The highest BCUT2D eigenvalue weighted by Crippen LogP contribution is 2.41. The molecule has 4 heterocycles. The van der Waals surface area contributed by atoms with E-state index in [9.17, 15) is 5.26 Å². The van der Waals surface area contributed by atoms with Gasteiger partial charge in [-0.3, -0.25) is 18.9 Å². The van der Waals surface area contributed by atoms with Gasteiger partial charge in [-0.25, -0.2) is 0 Å². The van der Waals surface area contributed by atoms with Crippen LogP contribution in [-0.2, 0) is 5.41 Å². The van der Waals surface area contributed by atoms with E-state index in [1.165, 1.54) is 0 Å².